The zero-order valence-electron chi connectivity index (χ0n) is 8.75. The first-order chi connectivity index (χ1) is 8.59. The van der Waals surface area contributed by atoms with Crippen molar-refractivity contribution < 1.29 is 14.7 Å². The van der Waals surface area contributed by atoms with Gasteiger partial charge in [0, 0.05) is 0 Å². The van der Waals surface area contributed by atoms with E-state index in [1.807, 2.05) is 0 Å². The molecule has 2 rings (SSSR count). The molecule has 6 nitrogen and oxygen atoms in total. The molecule has 1 heterocycles. The Morgan fingerprint density at radius 1 is 1.39 bits per heavy atom. The quantitative estimate of drug-likeness (QED) is 0.900. The van der Waals surface area contributed by atoms with Crippen LogP contribution in [-0.2, 0) is 0 Å². The summed E-state index contributed by atoms with van der Waals surface area (Å²) < 4.78 is 3.55. The van der Waals surface area contributed by atoms with Gasteiger partial charge in [-0.15, -0.1) is 5.10 Å². The Bertz CT molecular complexity index is 600. The smallest absolute Gasteiger partial charge is 0.337 e. The second-order valence-electron chi connectivity index (χ2n) is 3.20. The summed E-state index contributed by atoms with van der Waals surface area (Å²) in [5.41, 5.74) is -0.0154. The van der Waals surface area contributed by atoms with Crippen molar-refractivity contribution in [2.24, 2.45) is 0 Å². The van der Waals surface area contributed by atoms with Gasteiger partial charge in [0.1, 0.15) is 4.88 Å². The molecule has 1 aromatic heterocycles. The molecule has 0 radical (unpaired) electrons. The number of hydrogen-bond acceptors (Lipinski definition) is 5. The normalized spacial score (nSPS) is 10.1. The molecule has 8 heteroatoms. The first-order valence-corrected chi connectivity index (χ1v) is 5.85. The van der Waals surface area contributed by atoms with E-state index in [-0.39, 0.29) is 21.2 Å². The van der Waals surface area contributed by atoms with Crippen LogP contribution in [0.25, 0.3) is 0 Å². The van der Waals surface area contributed by atoms with Gasteiger partial charge in [0.15, 0.2) is 0 Å². The van der Waals surface area contributed by atoms with Crippen molar-refractivity contribution in [2.75, 3.05) is 5.32 Å². The number of para-hydroxylation sites is 1. The van der Waals surface area contributed by atoms with Gasteiger partial charge in [0.25, 0.3) is 5.91 Å². The number of carboxylic acid groups (broad SMARTS) is 1. The molecule has 0 bridgehead atoms. The highest BCUT2D eigenvalue weighted by Crippen LogP contribution is 2.26. The topological polar surface area (TPSA) is 92.2 Å². The molecule has 0 aliphatic heterocycles. The number of aromatic carboxylic acids is 1. The molecule has 0 aliphatic rings. The number of nitrogens with one attached hydrogen (secondary N) is 1. The molecule has 0 atom stereocenters. The summed E-state index contributed by atoms with van der Waals surface area (Å²) >= 11 is 6.78. The van der Waals surface area contributed by atoms with E-state index < -0.39 is 11.9 Å². The van der Waals surface area contributed by atoms with Crippen LogP contribution in [0.5, 0.6) is 0 Å². The van der Waals surface area contributed by atoms with Crippen molar-refractivity contribution in [3.8, 4) is 0 Å². The van der Waals surface area contributed by atoms with E-state index in [0.717, 1.165) is 11.5 Å². The average molecular weight is 284 g/mol. The minimum atomic E-state index is -1.17. The lowest BCUT2D eigenvalue weighted by Crippen LogP contribution is -2.14. The second kappa shape index (κ2) is 5.11. The molecular formula is C10H6ClN3O3S. The molecule has 0 spiro atoms. The average Bonchev–Trinajstić information content (AvgIpc) is 2.85. The molecule has 2 aromatic rings. The van der Waals surface area contributed by atoms with Crippen LogP contribution in [-0.4, -0.2) is 26.6 Å². The highest BCUT2D eigenvalue weighted by molar-refractivity contribution is 7.07. The lowest BCUT2D eigenvalue weighted by Gasteiger charge is -2.08. The highest BCUT2D eigenvalue weighted by atomic mass is 35.5. The minimum absolute atomic E-state index is 0.0602. The third-order valence-corrected chi connectivity index (χ3v) is 3.05. The summed E-state index contributed by atoms with van der Waals surface area (Å²) in [5.74, 6) is -1.67. The van der Waals surface area contributed by atoms with Crippen LogP contribution in [0, 0.1) is 0 Å². The first kappa shape index (κ1) is 12.5. The number of rotatable bonds is 3. The van der Waals surface area contributed by atoms with E-state index in [0.29, 0.717) is 0 Å². The van der Waals surface area contributed by atoms with E-state index in [1.165, 1.54) is 24.4 Å². The van der Waals surface area contributed by atoms with Crippen molar-refractivity contribution in [3.63, 3.8) is 0 Å². The maximum atomic E-state index is 11.8. The Hall–Kier alpha value is -1.99. The molecule has 1 amide bonds. The molecule has 2 N–H and O–H groups in total. The van der Waals surface area contributed by atoms with Crippen LogP contribution >= 0.6 is 23.1 Å². The number of carbonyl (C=O) groups is 2. The van der Waals surface area contributed by atoms with Gasteiger partial charge < -0.3 is 10.4 Å². The Kier molecular flexibility index (Phi) is 3.54. The summed E-state index contributed by atoms with van der Waals surface area (Å²) in [4.78, 5) is 23.0. The summed E-state index contributed by atoms with van der Waals surface area (Å²) in [7, 11) is 0. The van der Waals surface area contributed by atoms with Gasteiger partial charge in [-0.2, -0.15) is 0 Å². The molecular weight excluding hydrogens is 278 g/mol. The van der Waals surface area contributed by atoms with Crippen molar-refractivity contribution >= 4 is 40.7 Å². The maximum absolute atomic E-state index is 11.8. The molecule has 18 heavy (non-hydrogen) atoms. The maximum Gasteiger partial charge on any atom is 0.337 e. The lowest BCUT2D eigenvalue weighted by atomic mass is 10.2. The van der Waals surface area contributed by atoms with Crippen molar-refractivity contribution in [3.05, 3.63) is 39.9 Å². The highest BCUT2D eigenvalue weighted by Gasteiger charge is 2.17. The van der Waals surface area contributed by atoms with Crippen molar-refractivity contribution in [1.29, 1.82) is 0 Å². The van der Waals surface area contributed by atoms with E-state index in [2.05, 4.69) is 14.9 Å². The van der Waals surface area contributed by atoms with E-state index in [4.69, 9.17) is 16.7 Å². The van der Waals surface area contributed by atoms with Gasteiger partial charge in [-0.1, -0.05) is 22.2 Å². The molecule has 92 valence electrons. The van der Waals surface area contributed by atoms with Crippen molar-refractivity contribution in [1.82, 2.24) is 9.59 Å². The minimum Gasteiger partial charge on any atom is -0.478 e. The summed E-state index contributed by atoms with van der Waals surface area (Å²) in [6.45, 7) is 0. The standard InChI is InChI=1S/C10H6ClN3O3S/c11-6-3-1-2-5(10(16)17)8(6)13-9(15)7-4-12-14-18-7/h1-4H,(H,13,15)(H,16,17). The number of carboxylic acids is 1. The van der Waals surface area contributed by atoms with Crippen LogP contribution < -0.4 is 5.32 Å². The van der Waals surface area contributed by atoms with Crippen LogP contribution in [0.4, 0.5) is 5.69 Å². The largest absolute Gasteiger partial charge is 0.478 e. The lowest BCUT2D eigenvalue weighted by molar-refractivity contribution is 0.0698. The second-order valence-corrected chi connectivity index (χ2v) is 4.40. The van der Waals surface area contributed by atoms with Gasteiger partial charge in [0.2, 0.25) is 0 Å². The van der Waals surface area contributed by atoms with Gasteiger partial charge in [-0.3, -0.25) is 4.79 Å². The monoisotopic (exact) mass is 283 g/mol. The fraction of sp³-hybridized carbons (Fsp3) is 0. The number of halogens is 1. The predicted molar refractivity (Wildman–Crippen MR) is 66.3 cm³/mol. The van der Waals surface area contributed by atoms with Crippen molar-refractivity contribution in [2.45, 2.75) is 0 Å². The van der Waals surface area contributed by atoms with Gasteiger partial charge in [-0.25, -0.2) is 4.79 Å². The third-order valence-electron chi connectivity index (χ3n) is 2.07. The third kappa shape index (κ3) is 2.47. The van der Waals surface area contributed by atoms with Gasteiger partial charge in [0.05, 0.1) is 22.5 Å². The Morgan fingerprint density at radius 2 is 2.17 bits per heavy atom. The molecule has 1 aromatic carbocycles. The molecule has 0 saturated heterocycles. The summed E-state index contributed by atoms with van der Waals surface area (Å²) in [5, 5.41) is 15.1. The Labute approximate surface area is 110 Å². The predicted octanol–water partition coefficient (Wildman–Crippen LogP) is 2.14. The van der Waals surface area contributed by atoms with Crippen LogP contribution in [0.1, 0.15) is 20.0 Å². The number of benzene rings is 1. The zero-order valence-corrected chi connectivity index (χ0v) is 10.3. The molecule has 0 saturated carbocycles. The zero-order chi connectivity index (χ0) is 13.1. The number of hydrogen-bond donors (Lipinski definition) is 2. The van der Waals surface area contributed by atoms with Crippen LogP contribution in [0.2, 0.25) is 5.02 Å². The summed E-state index contributed by atoms with van der Waals surface area (Å²) in [6.07, 6.45) is 1.29. The Balaban J connectivity index is 2.34. The fourth-order valence-electron chi connectivity index (χ4n) is 1.27. The fourth-order valence-corrected chi connectivity index (χ4v) is 1.90. The van der Waals surface area contributed by atoms with E-state index in [1.54, 1.807) is 0 Å². The molecule has 0 unspecified atom stereocenters. The number of amides is 1. The molecule has 0 fully saturated rings. The van der Waals surface area contributed by atoms with Gasteiger partial charge in [-0.05, 0) is 23.7 Å². The van der Waals surface area contributed by atoms with Crippen LogP contribution in [0.15, 0.2) is 24.4 Å². The number of nitrogens with zero attached hydrogens (tertiary/aromatic N) is 2. The number of aromatic nitrogens is 2. The van der Waals surface area contributed by atoms with E-state index in [9.17, 15) is 9.59 Å². The first-order valence-electron chi connectivity index (χ1n) is 4.70. The van der Waals surface area contributed by atoms with E-state index >= 15 is 0 Å². The number of carbonyl (C=O) groups excluding carboxylic acids is 1. The molecule has 0 aliphatic carbocycles. The van der Waals surface area contributed by atoms with Gasteiger partial charge >= 0.3 is 5.97 Å². The SMILES string of the molecule is O=C(Nc1c(Cl)cccc1C(=O)O)c1cnns1. The Morgan fingerprint density at radius 3 is 2.78 bits per heavy atom. The van der Waals surface area contributed by atoms with Crippen LogP contribution in [0.3, 0.4) is 0 Å². The number of anilines is 1. The summed E-state index contributed by atoms with van der Waals surface area (Å²) in [6, 6.07) is 4.35.